The molecule has 3 aromatic rings. The Balaban J connectivity index is 1.69. The van der Waals surface area contributed by atoms with E-state index in [1.807, 2.05) is 91.9 Å². The van der Waals surface area contributed by atoms with Gasteiger partial charge in [-0.05, 0) is 48.9 Å². The quantitative estimate of drug-likeness (QED) is 0.687. The molecule has 0 aliphatic heterocycles. The molecule has 0 spiro atoms. The molecule has 1 atom stereocenters. The monoisotopic (exact) mass is 333 g/mol. The molecule has 25 heavy (non-hydrogen) atoms. The number of benzene rings is 3. The number of aliphatic hydroxyl groups is 1. The minimum absolute atomic E-state index is 0.250. The second kappa shape index (κ2) is 8.36. The third kappa shape index (κ3) is 4.85. The lowest BCUT2D eigenvalue weighted by atomic mass is 10.2. The smallest absolute Gasteiger partial charge is 0.119 e. The number of hydrogen-bond donors (Lipinski definition) is 1. The van der Waals surface area contributed by atoms with Crippen LogP contribution >= 0.6 is 0 Å². The first-order chi connectivity index (χ1) is 12.2. The summed E-state index contributed by atoms with van der Waals surface area (Å²) in [6.07, 6.45) is -0.610. The Morgan fingerprint density at radius 2 is 1.44 bits per heavy atom. The fourth-order valence-electron chi connectivity index (χ4n) is 2.74. The number of rotatable bonds is 7. The van der Waals surface area contributed by atoms with Crippen molar-refractivity contribution in [1.82, 2.24) is 0 Å². The molecule has 3 heteroatoms. The highest BCUT2D eigenvalue weighted by Crippen LogP contribution is 2.25. The van der Waals surface area contributed by atoms with Crippen LogP contribution in [0.25, 0.3) is 0 Å². The zero-order chi connectivity index (χ0) is 17.5. The molecule has 0 amide bonds. The molecule has 0 heterocycles. The zero-order valence-corrected chi connectivity index (χ0v) is 14.4. The van der Waals surface area contributed by atoms with Crippen molar-refractivity contribution in [1.29, 1.82) is 0 Å². The van der Waals surface area contributed by atoms with Crippen LogP contribution in [-0.4, -0.2) is 24.4 Å². The van der Waals surface area contributed by atoms with Gasteiger partial charge >= 0.3 is 0 Å². The standard InChI is InChI=1S/C22H23NO2/c1-18-9-8-14-22(15-18)25-17-21(24)16-23(19-10-4-2-5-11-19)20-12-6-3-7-13-20/h2-15,21,24H,16-17H2,1H3. The van der Waals surface area contributed by atoms with Gasteiger partial charge in [0.1, 0.15) is 18.5 Å². The predicted molar refractivity (Wildman–Crippen MR) is 103 cm³/mol. The van der Waals surface area contributed by atoms with Gasteiger partial charge in [0.05, 0.1) is 6.54 Å². The first kappa shape index (κ1) is 17.1. The minimum atomic E-state index is -0.610. The maximum Gasteiger partial charge on any atom is 0.119 e. The predicted octanol–water partition coefficient (Wildman–Crippen LogP) is 4.57. The van der Waals surface area contributed by atoms with E-state index in [0.29, 0.717) is 6.54 Å². The van der Waals surface area contributed by atoms with Crippen molar-refractivity contribution in [2.45, 2.75) is 13.0 Å². The Bertz CT molecular complexity index is 735. The van der Waals surface area contributed by atoms with Gasteiger partial charge in [-0.15, -0.1) is 0 Å². The van der Waals surface area contributed by atoms with Crippen molar-refractivity contribution in [3.8, 4) is 5.75 Å². The highest BCUT2D eigenvalue weighted by molar-refractivity contribution is 5.63. The molecule has 3 aromatic carbocycles. The van der Waals surface area contributed by atoms with Crippen LogP contribution in [0.3, 0.4) is 0 Å². The SMILES string of the molecule is Cc1cccc(OCC(O)CN(c2ccccc2)c2ccccc2)c1. The van der Waals surface area contributed by atoms with Crippen LogP contribution in [-0.2, 0) is 0 Å². The van der Waals surface area contributed by atoms with Gasteiger partial charge < -0.3 is 14.7 Å². The van der Waals surface area contributed by atoms with Crippen molar-refractivity contribution >= 4 is 11.4 Å². The number of anilines is 2. The molecule has 3 rings (SSSR count). The van der Waals surface area contributed by atoms with Crippen LogP contribution in [0, 0.1) is 6.92 Å². The second-order valence-electron chi connectivity index (χ2n) is 6.06. The number of aliphatic hydroxyl groups excluding tert-OH is 1. The Hall–Kier alpha value is -2.78. The molecule has 0 fully saturated rings. The van der Waals surface area contributed by atoms with Gasteiger partial charge in [-0.25, -0.2) is 0 Å². The van der Waals surface area contributed by atoms with Gasteiger partial charge in [-0.1, -0.05) is 48.5 Å². The lowest BCUT2D eigenvalue weighted by Crippen LogP contribution is -2.32. The van der Waals surface area contributed by atoms with Gasteiger partial charge in [-0.2, -0.15) is 0 Å². The summed E-state index contributed by atoms with van der Waals surface area (Å²) >= 11 is 0. The molecule has 0 aromatic heterocycles. The summed E-state index contributed by atoms with van der Waals surface area (Å²) in [5.41, 5.74) is 3.23. The molecule has 0 aliphatic rings. The molecule has 128 valence electrons. The van der Waals surface area contributed by atoms with Crippen molar-refractivity contribution < 1.29 is 9.84 Å². The molecular formula is C22H23NO2. The number of hydrogen-bond acceptors (Lipinski definition) is 3. The van der Waals surface area contributed by atoms with Crippen molar-refractivity contribution in [3.05, 3.63) is 90.5 Å². The van der Waals surface area contributed by atoms with E-state index in [1.165, 1.54) is 0 Å². The maximum atomic E-state index is 10.5. The number of ether oxygens (including phenoxy) is 1. The van der Waals surface area contributed by atoms with Gasteiger partial charge in [0.25, 0.3) is 0 Å². The number of para-hydroxylation sites is 2. The van der Waals surface area contributed by atoms with E-state index in [9.17, 15) is 5.11 Å². The average molecular weight is 333 g/mol. The van der Waals surface area contributed by atoms with Crippen LogP contribution in [0.15, 0.2) is 84.9 Å². The number of nitrogens with zero attached hydrogens (tertiary/aromatic N) is 1. The lowest BCUT2D eigenvalue weighted by Gasteiger charge is -2.27. The fraction of sp³-hybridized carbons (Fsp3) is 0.182. The number of aryl methyl sites for hydroxylation is 1. The van der Waals surface area contributed by atoms with E-state index >= 15 is 0 Å². The van der Waals surface area contributed by atoms with E-state index in [-0.39, 0.29) is 6.61 Å². The Morgan fingerprint density at radius 3 is 2.00 bits per heavy atom. The van der Waals surface area contributed by atoms with Crippen LogP contribution in [0.4, 0.5) is 11.4 Å². The first-order valence-corrected chi connectivity index (χ1v) is 8.47. The van der Waals surface area contributed by atoms with Gasteiger partial charge in [0, 0.05) is 11.4 Å². The normalized spacial score (nSPS) is 11.8. The molecule has 1 N–H and O–H groups in total. The van der Waals surface area contributed by atoms with Crippen LogP contribution in [0.2, 0.25) is 0 Å². The topological polar surface area (TPSA) is 32.7 Å². The Labute approximate surface area is 149 Å². The lowest BCUT2D eigenvalue weighted by molar-refractivity contribution is 0.114. The van der Waals surface area contributed by atoms with Crippen molar-refractivity contribution in [2.75, 3.05) is 18.1 Å². The highest BCUT2D eigenvalue weighted by Gasteiger charge is 2.15. The van der Waals surface area contributed by atoms with Crippen molar-refractivity contribution in [3.63, 3.8) is 0 Å². The molecular weight excluding hydrogens is 310 g/mol. The molecule has 1 unspecified atom stereocenters. The van der Waals surface area contributed by atoms with E-state index in [4.69, 9.17) is 4.74 Å². The van der Waals surface area contributed by atoms with E-state index in [0.717, 1.165) is 22.7 Å². The maximum absolute atomic E-state index is 10.5. The average Bonchev–Trinajstić information content (AvgIpc) is 2.66. The molecule has 0 radical (unpaired) electrons. The summed E-state index contributed by atoms with van der Waals surface area (Å²) in [5, 5.41) is 10.5. The third-order valence-corrected chi connectivity index (χ3v) is 3.96. The zero-order valence-electron chi connectivity index (χ0n) is 14.4. The molecule has 3 nitrogen and oxygen atoms in total. The first-order valence-electron chi connectivity index (χ1n) is 8.47. The van der Waals surface area contributed by atoms with E-state index in [2.05, 4.69) is 4.90 Å². The Morgan fingerprint density at radius 1 is 0.840 bits per heavy atom. The summed E-state index contributed by atoms with van der Waals surface area (Å²) in [6.45, 7) is 2.73. The molecule has 0 saturated carbocycles. The molecule has 0 saturated heterocycles. The molecule has 0 bridgehead atoms. The van der Waals surface area contributed by atoms with Gasteiger partial charge in [0.15, 0.2) is 0 Å². The highest BCUT2D eigenvalue weighted by atomic mass is 16.5. The summed E-state index contributed by atoms with van der Waals surface area (Å²) < 4.78 is 5.74. The van der Waals surface area contributed by atoms with Crippen molar-refractivity contribution in [2.24, 2.45) is 0 Å². The van der Waals surface area contributed by atoms with E-state index in [1.54, 1.807) is 0 Å². The minimum Gasteiger partial charge on any atom is -0.491 e. The fourth-order valence-corrected chi connectivity index (χ4v) is 2.74. The second-order valence-corrected chi connectivity index (χ2v) is 6.06. The summed E-state index contributed by atoms with van der Waals surface area (Å²) in [4.78, 5) is 2.10. The Kier molecular flexibility index (Phi) is 5.70. The summed E-state index contributed by atoms with van der Waals surface area (Å²) in [7, 11) is 0. The summed E-state index contributed by atoms with van der Waals surface area (Å²) in [5.74, 6) is 0.782. The van der Waals surface area contributed by atoms with E-state index < -0.39 is 6.10 Å². The molecule has 0 aliphatic carbocycles. The van der Waals surface area contributed by atoms with Crippen LogP contribution in [0.5, 0.6) is 5.75 Å². The largest absolute Gasteiger partial charge is 0.491 e. The van der Waals surface area contributed by atoms with Crippen LogP contribution in [0.1, 0.15) is 5.56 Å². The van der Waals surface area contributed by atoms with Gasteiger partial charge in [0.2, 0.25) is 0 Å². The summed E-state index contributed by atoms with van der Waals surface area (Å²) in [6, 6.07) is 28.0. The van der Waals surface area contributed by atoms with Gasteiger partial charge in [-0.3, -0.25) is 0 Å². The van der Waals surface area contributed by atoms with Crippen LogP contribution < -0.4 is 9.64 Å². The third-order valence-electron chi connectivity index (χ3n) is 3.96.